The number of benzene rings is 1. The summed E-state index contributed by atoms with van der Waals surface area (Å²) in [4.78, 5) is 31.4. The first-order chi connectivity index (χ1) is 13.0. The smallest absolute Gasteiger partial charge is 0.335 e. The highest BCUT2D eigenvalue weighted by molar-refractivity contribution is 6.02. The summed E-state index contributed by atoms with van der Waals surface area (Å²) in [7, 11) is 1.54. The standard InChI is InChI=1S/C19H23N3O5/c1-3-15(20-11-14-5-4-10-27-14)16-17(23)21-19(25)22(18(16)24)12-6-8-13(26-2)9-7-12/h6-9,14,24H,3-5,10-11H2,1-2H3,(H,21,23,25)/t14-/m1/s1. The third-order valence-corrected chi connectivity index (χ3v) is 4.55. The molecule has 144 valence electrons. The lowest BCUT2D eigenvalue weighted by molar-refractivity contribution is 0.118. The van der Waals surface area contributed by atoms with Crippen LogP contribution in [0.5, 0.6) is 11.6 Å². The lowest BCUT2D eigenvalue weighted by Gasteiger charge is -2.13. The van der Waals surface area contributed by atoms with Crippen LogP contribution in [0.3, 0.4) is 0 Å². The van der Waals surface area contributed by atoms with E-state index in [1.54, 1.807) is 24.3 Å². The molecule has 2 heterocycles. The molecule has 3 rings (SSSR count). The lowest BCUT2D eigenvalue weighted by atomic mass is 10.1. The fourth-order valence-corrected chi connectivity index (χ4v) is 3.12. The van der Waals surface area contributed by atoms with Crippen LogP contribution in [-0.4, -0.2) is 46.7 Å². The van der Waals surface area contributed by atoms with Crippen molar-refractivity contribution in [2.24, 2.45) is 4.99 Å². The summed E-state index contributed by atoms with van der Waals surface area (Å²) in [6, 6.07) is 6.57. The summed E-state index contributed by atoms with van der Waals surface area (Å²) in [6.45, 7) is 2.98. The molecule has 0 radical (unpaired) electrons. The number of ether oxygens (including phenoxy) is 2. The van der Waals surface area contributed by atoms with Crippen LogP contribution in [0.15, 0.2) is 38.8 Å². The van der Waals surface area contributed by atoms with E-state index < -0.39 is 17.1 Å². The van der Waals surface area contributed by atoms with Crippen molar-refractivity contribution >= 4 is 5.71 Å². The first kappa shape index (κ1) is 18.9. The van der Waals surface area contributed by atoms with E-state index in [0.717, 1.165) is 24.0 Å². The maximum absolute atomic E-state index is 12.4. The van der Waals surface area contributed by atoms with Gasteiger partial charge in [0.15, 0.2) is 0 Å². The Morgan fingerprint density at radius 2 is 2.11 bits per heavy atom. The minimum atomic E-state index is -0.721. The van der Waals surface area contributed by atoms with Crippen molar-refractivity contribution in [2.45, 2.75) is 32.3 Å². The first-order valence-corrected chi connectivity index (χ1v) is 8.93. The van der Waals surface area contributed by atoms with Gasteiger partial charge in [-0.2, -0.15) is 0 Å². The van der Waals surface area contributed by atoms with Crippen LogP contribution >= 0.6 is 0 Å². The molecule has 0 bridgehead atoms. The number of rotatable bonds is 6. The van der Waals surface area contributed by atoms with Gasteiger partial charge in [0.1, 0.15) is 11.3 Å². The number of aliphatic imine (C=N–C) groups is 1. The van der Waals surface area contributed by atoms with E-state index in [-0.39, 0.29) is 11.7 Å². The number of hydrogen-bond donors (Lipinski definition) is 2. The van der Waals surface area contributed by atoms with E-state index in [2.05, 4.69) is 9.98 Å². The number of aromatic nitrogens is 2. The highest BCUT2D eigenvalue weighted by atomic mass is 16.5. The number of nitrogens with zero attached hydrogens (tertiary/aromatic N) is 2. The van der Waals surface area contributed by atoms with Crippen molar-refractivity contribution in [1.82, 2.24) is 9.55 Å². The lowest BCUT2D eigenvalue weighted by Crippen LogP contribution is -2.33. The summed E-state index contributed by atoms with van der Waals surface area (Å²) < 4.78 is 11.7. The molecule has 2 aromatic rings. The maximum atomic E-state index is 12.4. The summed E-state index contributed by atoms with van der Waals surface area (Å²) >= 11 is 0. The molecule has 0 aliphatic carbocycles. The van der Waals surface area contributed by atoms with Crippen molar-refractivity contribution in [3.05, 3.63) is 50.7 Å². The van der Waals surface area contributed by atoms with Gasteiger partial charge in [0.25, 0.3) is 5.56 Å². The highest BCUT2D eigenvalue weighted by Gasteiger charge is 2.21. The van der Waals surface area contributed by atoms with Crippen LogP contribution in [0.4, 0.5) is 0 Å². The van der Waals surface area contributed by atoms with Gasteiger partial charge in [-0.25, -0.2) is 9.36 Å². The van der Waals surface area contributed by atoms with Gasteiger partial charge in [-0.3, -0.25) is 14.8 Å². The molecule has 0 unspecified atom stereocenters. The van der Waals surface area contributed by atoms with Crippen molar-refractivity contribution < 1.29 is 14.6 Å². The van der Waals surface area contributed by atoms with Gasteiger partial charge in [-0.1, -0.05) is 6.92 Å². The number of hydrogen-bond acceptors (Lipinski definition) is 6. The van der Waals surface area contributed by atoms with E-state index in [9.17, 15) is 14.7 Å². The Labute approximate surface area is 156 Å². The quantitative estimate of drug-likeness (QED) is 0.749. The second-order valence-electron chi connectivity index (χ2n) is 6.27. The Kier molecular flexibility index (Phi) is 5.75. The average Bonchev–Trinajstić information content (AvgIpc) is 3.18. The van der Waals surface area contributed by atoms with Crippen LogP contribution in [0.2, 0.25) is 0 Å². The molecule has 8 heteroatoms. The minimum Gasteiger partial charge on any atom is -0.497 e. The van der Waals surface area contributed by atoms with Crippen LogP contribution in [0.25, 0.3) is 5.69 Å². The molecular weight excluding hydrogens is 350 g/mol. The maximum Gasteiger partial charge on any atom is 0.335 e. The molecule has 2 N–H and O–H groups in total. The number of methoxy groups -OCH3 is 1. The van der Waals surface area contributed by atoms with Crippen molar-refractivity contribution in [1.29, 1.82) is 0 Å². The third kappa shape index (κ3) is 3.95. The summed E-state index contributed by atoms with van der Waals surface area (Å²) in [5, 5.41) is 10.7. The van der Waals surface area contributed by atoms with Gasteiger partial charge >= 0.3 is 5.69 Å². The van der Waals surface area contributed by atoms with Gasteiger partial charge in [-0.15, -0.1) is 0 Å². The SMILES string of the molecule is CCC(=NC[C@H]1CCCO1)c1c(O)n(-c2ccc(OC)cc2)c(=O)[nH]c1=O. The highest BCUT2D eigenvalue weighted by Crippen LogP contribution is 2.21. The number of nitrogens with one attached hydrogen (secondary N) is 1. The zero-order valence-electron chi connectivity index (χ0n) is 15.4. The predicted octanol–water partition coefficient (Wildman–Crippen LogP) is 1.62. The first-order valence-electron chi connectivity index (χ1n) is 8.93. The molecule has 1 fully saturated rings. The summed E-state index contributed by atoms with van der Waals surface area (Å²) in [6.07, 6.45) is 2.38. The van der Waals surface area contributed by atoms with E-state index >= 15 is 0 Å². The molecule has 1 aromatic heterocycles. The van der Waals surface area contributed by atoms with Crippen LogP contribution in [0.1, 0.15) is 31.7 Å². The van der Waals surface area contributed by atoms with Gasteiger partial charge in [0, 0.05) is 6.61 Å². The van der Waals surface area contributed by atoms with Gasteiger partial charge in [0.2, 0.25) is 5.88 Å². The Hall–Kier alpha value is -2.87. The Morgan fingerprint density at radius 1 is 1.37 bits per heavy atom. The van der Waals surface area contributed by atoms with E-state index in [4.69, 9.17) is 9.47 Å². The molecular formula is C19H23N3O5. The van der Waals surface area contributed by atoms with E-state index in [0.29, 0.717) is 30.1 Å². The monoisotopic (exact) mass is 373 g/mol. The third-order valence-electron chi connectivity index (χ3n) is 4.55. The van der Waals surface area contributed by atoms with Crippen molar-refractivity contribution in [3.8, 4) is 17.3 Å². The average molecular weight is 373 g/mol. The molecule has 8 nitrogen and oxygen atoms in total. The van der Waals surface area contributed by atoms with Crippen molar-refractivity contribution in [3.63, 3.8) is 0 Å². The van der Waals surface area contributed by atoms with Gasteiger partial charge < -0.3 is 14.6 Å². The number of H-pyrrole nitrogens is 1. The fraction of sp³-hybridized carbons (Fsp3) is 0.421. The van der Waals surface area contributed by atoms with Crippen LogP contribution in [-0.2, 0) is 4.74 Å². The largest absolute Gasteiger partial charge is 0.497 e. The summed E-state index contributed by atoms with van der Waals surface area (Å²) in [5.74, 6) is 0.185. The van der Waals surface area contributed by atoms with E-state index in [1.807, 2.05) is 6.92 Å². The normalized spacial score (nSPS) is 17.3. The molecule has 1 aliphatic rings. The molecule has 27 heavy (non-hydrogen) atoms. The molecule has 0 saturated carbocycles. The molecule has 1 saturated heterocycles. The summed E-state index contributed by atoms with van der Waals surface area (Å²) in [5.41, 5.74) is -0.529. The zero-order chi connectivity index (χ0) is 19.4. The fourth-order valence-electron chi connectivity index (χ4n) is 3.12. The second kappa shape index (κ2) is 8.22. The van der Waals surface area contributed by atoms with Crippen molar-refractivity contribution in [2.75, 3.05) is 20.3 Å². The zero-order valence-corrected chi connectivity index (χ0v) is 15.4. The molecule has 1 aliphatic heterocycles. The Morgan fingerprint density at radius 3 is 2.70 bits per heavy atom. The molecule has 1 atom stereocenters. The molecule has 0 spiro atoms. The molecule has 1 aromatic carbocycles. The topological polar surface area (TPSA) is 106 Å². The predicted molar refractivity (Wildman–Crippen MR) is 102 cm³/mol. The Bertz CT molecular complexity index is 937. The van der Waals surface area contributed by atoms with E-state index in [1.165, 1.54) is 7.11 Å². The second-order valence-corrected chi connectivity index (χ2v) is 6.27. The minimum absolute atomic E-state index is 0.00548. The van der Waals surface area contributed by atoms with Gasteiger partial charge in [-0.05, 0) is 43.5 Å². The molecule has 0 amide bonds. The number of aromatic amines is 1. The number of aromatic hydroxyl groups is 1. The van der Waals surface area contributed by atoms with Gasteiger partial charge in [0.05, 0.1) is 31.2 Å². The van der Waals surface area contributed by atoms with Crippen LogP contribution < -0.4 is 16.0 Å². The Balaban J connectivity index is 2.05. The van der Waals surface area contributed by atoms with Crippen LogP contribution in [0, 0.1) is 0 Å².